The summed E-state index contributed by atoms with van der Waals surface area (Å²) < 4.78 is 45.2. The van der Waals surface area contributed by atoms with Crippen molar-refractivity contribution in [1.82, 2.24) is 5.32 Å². The molecule has 0 saturated heterocycles. The first-order valence-corrected chi connectivity index (χ1v) is 6.49. The minimum Gasteiger partial charge on any atom is -0.496 e. The summed E-state index contributed by atoms with van der Waals surface area (Å²) >= 11 is 0. The van der Waals surface area contributed by atoms with Crippen molar-refractivity contribution in [2.45, 2.75) is 12.5 Å². The van der Waals surface area contributed by atoms with E-state index >= 15 is 0 Å². The molecule has 1 atom stereocenters. The van der Waals surface area contributed by atoms with Crippen LogP contribution in [0.25, 0.3) is 0 Å². The van der Waals surface area contributed by atoms with Crippen molar-refractivity contribution in [3.05, 3.63) is 65.0 Å². The summed E-state index contributed by atoms with van der Waals surface area (Å²) in [5, 5.41) is 3.02. The van der Waals surface area contributed by atoms with Gasteiger partial charge in [0.15, 0.2) is 0 Å². The summed E-state index contributed by atoms with van der Waals surface area (Å²) in [6.45, 7) is 0. The molecule has 21 heavy (non-hydrogen) atoms. The van der Waals surface area contributed by atoms with Crippen LogP contribution in [0.3, 0.4) is 0 Å². The molecule has 2 aromatic carbocycles. The maximum absolute atomic E-state index is 13.4. The van der Waals surface area contributed by atoms with Gasteiger partial charge in [0.1, 0.15) is 23.2 Å². The maximum atomic E-state index is 13.4. The quantitative estimate of drug-likeness (QED) is 0.909. The van der Waals surface area contributed by atoms with Gasteiger partial charge in [0.2, 0.25) is 0 Å². The molecule has 0 radical (unpaired) electrons. The predicted molar refractivity (Wildman–Crippen MR) is 74.8 cm³/mol. The number of methoxy groups -OCH3 is 1. The van der Waals surface area contributed by atoms with Crippen LogP contribution in [0.4, 0.5) is 13.2 Å². The Balaban J connectivity index is 2.33. The third kappa shape index (κ3) is 3.76. The minimum absolute atomic E-state index is 0.311. The summed E-state index contributed by atoms with van der Waals surface area (Å²) in [4.78, 5) is 0. The zero-order chi connectivity index (χ0) is 15.4. The largest absolute Gasteiger partial charge is 0.496 e. The summed E-state index contributed by atoms with van der Waals surface area (Å²) in [7, 11) is 3.19. The molecular formula is C16H16F3NO. The molecule has 2 rings (SSSR count). The van der Waals surface area contributed by atoms with Crippen molar-refractivity contribution in [1.29, 1.82) is 0 Å². The van der Waals surface area contributed by atoms with Crippen LogP contribution in [0.5, 0.6) is 5.75 Å². The Kier molecular flexibility index (Phi) is 4.85. The number of benzene rings is 2. The molecule has 0 aromatic heterocycles. The molecule has 0 fully saturated rings. The lowest BCUT2D eigenvalue weighted by molar-refractivity contribution is 0.399. The summed E-state index contributed by atoms with van der Waals surface area (Å²) in [6.07, 6.45) is 0.311. The van der Waals surface area contributed by atoms with E-state index in [9.17, 15) is 13.2 Å². The highest BCUT2D eigenvalue weighted by Crippen LogP contribution is 2.28. The van der Waals surface area contributed by atoms with E-state index in [2.05, 4.69) is 5.32 Å². The van der Waals surface area contributed by atoms with Crippen LogP contribution < -0.4 is 10.1 Å². The summed E-state index contributed by atoms with van der Waals surface area (Å²) in [5.41, 5.74) is 1.09. The average molecular weight is 295 g/mol. The Morgan fingerprint density at radius 1 is 1.00 bits per heavy atom. The molecule has 0 aliphatic rings. The minimum atomic E-state index is -0.633. The molecule has 0 aliphatic heterocycles. The van der Waals surface area contributed by atoms with Gasteiger partial charge in [-0.2, -0.15) is 0 Å². The second kappa shape index (κ2) is 6.63. The van der Waals surface area contributed by atoms with Gasteiger partial charge in [0.25, 0.3) is 0 Å². The van der Waals surface area contributed by atoms with Crippen LogP contribution in [0.1, 0.15) is 17.2 Å². The van der Waals surface area contributed by atoms with Crippen molar-refractivity contribution in [3.8, 4) is 5.75 Å². The highest BCUT2D eigenvalue weighted by atomic mass is 19.1. The Morgan fingerprint density at radius 3 is 2.24 bits per heavy atom. The van der Waals surface area contributed by atoms with Crippen LogP contribution in [0.2, 0.25) is 0 Å². The fourth-order valence-electron chi connectivity index (χ4n) is 2.31. The third-order valence-corrected chi connectivity index (χ3v) is 3.28. The van der Waals surface area contributed by atoms with Crippen molar-refractivity contribution in [2.75, 3.05) is 14.2 Å². The number of rotatable bonds is 5. The zero-order valence-electron chi connectivity index (χ0n) is 11.8. The summed E-state index contributed by atoms with van der Waals surface area (Å²) in [5.74, 6) is -1.14. The molecule has 112 valence electrons. The van der Waals surface area contributed by atoms with Crippen LogP contribution in [0, 0.1) is 17.5 Å². The number of ether oxygens (including phenoxy) is 1. The predicted octanol–water partition coefficient (Wildman–Crippen LogP) is 3.62. The van der Waals surface area contributed by atoms with E-state index in [1.54, 1.807) is 7.05 Å². The Morgan fingerprint density at radius 2 is 1.67 bits per heavy atom. The number of hydrogen-bond donors (Lipinski definition) is 1. The number of hydrogen-bond acceptors (Lipinski definition) is 2. The van der Waals surface area contributed by atoms with Gasteiger partial charge in [0.05, 0.1) is 7.11 Å². The SMILES string of the molecule is CNC(Cc1cc(F)cc(F)c1)c1cc(F)ccc1OC. The van der Waals surface area contributed by atoms with Gasteiger partial charge >= 0.3 is 0 Å². The lowest BCUT2D eigenvalue weighted by Gasteiger charge is -2.19. The highest BCUT2D eigenvalue weighted by Gasteiger charge is 2.17. The molecule has 0 heterocycles. The highest BCUT2D eigenvalue weighted by molar-refractivity contribution is 5.37. The first-order valence-electron chi connectivity index (χ1n) is 6.49. The van der Waals surface area contributed by atoms with Crippen molar-refractivity contribution in [3.63, 3.8) is 0 Å². The van der Waals surface area contributed by atoms with Crippen molar-refractivity contribution < 1.29 is 17.9 Å². The molecule has 5 heteroatoms. The third-order valence-electron chi connectivity index (χ3n) is 3.28. The van der Waals surface area contributed by atoms with Gasteiger partial charge in [-0.3, -0.25) is 0 Å². The average Bonchev–Trinajstić information content (AvgIpc) is 2.43. The Hall–Kier alpha value is -2.01. The number of likely N-dealkylation sites (N-methyl/N-ethyl adjacent to an activating group) is 1. The van der Waals surface area contributed by atoms with E-state index in [4.69, 9.17) is 4.74 Å². The molecule has 0 aliphatic carbocycles. The molecule has 2 nitrogen and oxygen atoms in total. The normalized spacial score (nSPS) is 12.2. The molecule has 0 spiro atoms. The second-order valence-corrected chi connectivity index (χ2v) is 4.71. The van der Waals surface area contributed by atoms with Crippen LogP contribution in [-0.4, -0.2) is 14.2 Å². The first kappa shape index (κ1) is 15.4. The molecule has 2 aromatic rings. The molecule has 0 saturated carbocycles. The fraction of sp³-hybridized carbons (Fsp3) is 0.250. The van der Waals surface area contributed by atoms with Crippen LogP contribution in [-0.2, 0) is 6.42 Å². The van der Waals surface area contributed by atoms with Crippen molar-refractivity contribution >= 4 is 0 Å². The first-order chi connectivity index (χ1) is 10.0. The molecular weight excluding hydrogens is 279 g/mol. The van der Waals surface area contributed by atoms with Gasteiger partial charge in [-0.25, -0.2) is 13.2 Å². The van der Waals surface area contributed by atoms with Crippen LogP contribution >= 0.6 is 0 Å². The molecule has 0 bridgehead atoms. The molecule has 1 N–H and O–H groups in total. The topological polar surface area (TPSA) is 21.3 Å². The van der Waals surface area contributed by atoms with Gasteiger partial charge < -0.3 is 10.1 Å². The zero-order valence-corrected chi connectivity index (χ0v) is 11.8. The van der Waals surface area contributed by atoms with Crippen LogP contribution in [0.15, 0.2) is 36.4 Å². The molecule has 1 unspecified atom stereocenters. The van der Waals surface area contributed by atoms with Gasteiger partial charge in [-0.15, -0.1) is 0 Å². The molecule has 0 amide bonds. The lowest BCUT2D eigenvalue weighted by atomic mass is 9.98. The summed E-state index contributed by atoms with van der Waals surface area (Å²) in [6, 6.07) is 7.21. The van der Waals surface area contributed by atoms with Gasteiger partial charge in [-0.05, 0) is 49.4 Å². The second-order valence-electron chi connectivity index (χ2n) is 4.71. The van der Waals surface area contributed by atoms with E-state index in [0.717, 1.165) is 6.07 Å². The smallest absolute Gasteiger partial charge is 0.126 e. The lowest BCUT2D eigenvalue weighted by Crippen LogP contribution is -2.20. The van der Waals surface area contributed by atoms with Gasteiger partial charge in [0, 0.05) is 17.7 Å². The van der Waals surface area contributed by atoms with Crippen molar-refractivity contribution in [2.24, 2.45) is 0 Å². The Bertz CT molecular complexity index is 611. The number of halogens is 3. The number of nitrogens with one attached hydrogen (secondary N) is 1. The van der Waals surface area contributed by atoms with E-state index in [-0.39, 0.29) is 6.04 Å². The standard InChI is InChI=1S/C16H16F3NO/c1-20-15(7-10-5-12(18)8-13(19)6-10)14-9-11(17)3-4-16(14)21-2/h3-6,8-9,15,20H,7H2,1-2H3. The fourth-order valence-corrected chi connectivity index (χ4v) is 2.31. The van der Waals surface area contributed by atoms with E-state index in [0.29, 0.717) is 23.3 Å². The van der Waals surface area contributed by atoms with Gasteiger partial charge in [-0.1, -0.05) is 0 Å². The van der Waals surface area contributed by atoms with E-state index < -0.39 is 17.5 Å². The maximum Gasteiger partial charge on any atom is 0.126 e. The van der Waals surface area contributed by atoms with E-state index in [1.165, 1.54) is 37.4 Å². The van der Waals surface area contributed by atoms with E-state index in [1.807, 2.05) is 0 Å². The Labute approximate surface area is 121 Å². The monoisotopic (exact) mass is 295 g/mol.